The summed E-state index contributed by atoms with van der Waals surface area (Å²) < 4.78 is 58.5. The van der Waals surface area contributed by atoms with Crippen LogP contribution in [0.25, 0.3) is 33.4 Å². The quantitative estimate of drug-likeness (QED) is 0.0209. The number of nitro groups is 1. The standard InChI is InChI=1S/C44H47N8O18P3/c1-4-46-28-10-13-31-36(20-28)67-37-21-29(50(2)3)11-14-32(37)41(31)33-19-26(9-12-30(33)43(55)56)42(54)47-16-5-6-25-7-8-27(34(18-25)52(57)58)23-48-39-15-17-51(44(45)49-39)40-22-35(53)38(68-40)24-66-72(62,63)70-73(64,65)69-71(59,60)61/h7-15,17-21,35,38,40,44,53H,4,16,22-24,45H2,1-3H3,(H,47,54)(H,48,49)(H,55,56)(H,62,63)(H,64,65)(H2,59,60,61)/t35-,38-,40-,44?/m1/s1. The second-order valence-corrected chi connectivity index (χ2v) is 20.6. The Hall–Kier alpha value is -6.65. The van der Waals surface area contributed by atoms with Gasteiger partial charge in [-0.2, -0.15) is 8.62 Å². The fourth-order valence-electron chi connectivity index (χ4n) is 7.70. The molecule has 1 saturated heterocycles. The molecule has 0 spiro atoms. The molecule has 3 aromatic carbocycles. The Bertz CT molecular complexity index is 3300. The number of phosphoric ester groups is 1. The van der Waals surface area contributed by atoms with Gasteiger partial charge in [0.1, 0.15) is 29.5 Å². The molecule has 7 rings (SSSR count). The molecule has 1 aliphatic carbocycles. The Kier molecular flexibility index (Phi) is 16.5. The molecule has 3 unspecified atom stereocenters. The second kappa shape index (κ2) is 22.2. The van der Waals surface area contributed by atoms with Gasteiger partial charge >= 0.3 is 29.4 Å². The van der Waals surface area contributed by atoms with Crippen molar-refractivity contribution in [2.24, 2.45) is 15.7 Å². The molecule has 3 heterocycles. The minimum absolute atomic E-state index is 0.0432. The zero-order chi connectivity index (χ0) is 53.0. The highest BCUT2D eigenvalue weighted by Gasteiger charge is 2.44. The number of carbonyl (C=O) groups is 2. The Balaban J connectivity index is 1.00. The summed E-state index contributed by atoms with van der Waals surface area (Å²) in [7, 11) is -13.1. The lowest BCUT2D eigenvalue weighted by Gasteiger charge is -2.36. The lowest BCUT2D eigenvalue weighted by molar-refractivity contribution is -0.385. The Morgan fingerprint density at radius 1 is 1.00 bits per heavy atom. The number of carbonyl (C=O) groups excluding carboxylic acids is 1. The average Bonchev–Trinajstić information content (AvgIpc) is 3.68. The van der Waals surface area contributed by atoms with Crippen LogP contribution in [0.2, 0.25) is 0 Å². The number of carboxylic acid groups (broad SMARTS) is 1. The van der Waals surface area contributed by atoms with Crippen LogP contribution < -0.4 is 26.6 Å². The monoisotopic (exact) mass is 1070 g/mol. The van der Waals surface area contributed by atoms with E-state index in [-0.39, 0.29) is 58.9 Å². The first kappa shape index (κ1) is 54.1. The van der Waals surface area contributed by atoms with Crippen molar-refractivity contribution in [1.29, 1.82) is 0 Å². The van der Waals surface area contributed by atoms with Crippen molar-refractivity contribution in [2.45, 2.75) is 44.6 Å². The molecule has 4 aliphatic rings. The number of nitrogens with two attached hydrogens (primary N) is 1. The first-order valence-electron chi connectivity index (χ1n) is 21.7. The summed E-state index contributed by atoms with van der Waals surface area (Å²) in [5.74, 6) is 4.52. The molecule has 0 radical (unpaired) electrons. The van der Waals surface area contributed by atoms with Crippen molar-refractivity contribution in [2.75, 3.05) is 38.7 Å². The third kappa shape index (κ3) is 13.5. The summed E-state index contributed by atoms with van der Waals surface area (Å²) >= 11 is 0. The first-order valence-corrected chi connectivity index (χ1v) is 26.2. The smallest absolute Gasteiger partial charge is 0.478 e. The van der Waals surface area contributed by atoms with Crippen molar-refractivity contribution in [3.05, 3.63) is 123 Å². The molecule has 3 aromatic rings. The molecular weight excluding hydrogens is 1020 g/mol. The SMILES string of the molecule is CCN=c1ccc2c(-c3cc(C(=O)NCC#Cc4ccc(CN=C5C=CN([C@H]6C[C@@H](O)[C@@H](COP(=O)(O)OP(=O)(O)OP(=O)(O)O)O6)C(N)N5)c([N+](=O)[O-])c4)ccc3C(=O)O)c3ccc(N(C)C)cc3oc-2c1. The van der Waals surface area contributed by atoms with Crippen LogP contribution in [0.4, 0.5) is 11.4 Å². The fraction of sp³-hybridized carbons (Fsp3) is 0.273. The van der Waals surface area contributed by atoms with E-state index < -0.39 is 71.6 Å². The lowest BCUT2D eigenvalue weighted by atomic mass is 9.89. The Morgan fingerprint density at radius 2 is 1.77 bits per heavy atom. The van der Waals surface area contributed by atoms with Crippen LogP contribution in [0, 0.1) is 22.0 Å². The molecule has 1 fully saturated rings. The van der Waals surface area contributed by atoms with Crippen molar-refractivity contribution in [1.82, 2.24) is 15.5 Å². The van der Waals surface area contributed by atoms with Gasteiger partial charge in [-0.25, -0.2) is 18.5 Å². The van der Waals surface area contributed by atoms with Crippen LogP contribution in [0.3, 0.4) is 0 Å². The maximum absolute atomic E-state index is 13.6. The molecule has 0 bridgehead atoms. The first-order chi connectivity index (χ1) is 34.4. The van der Waals surface area contributed by atoms with Gasteiger partial charge in [0.05, 0.1) is 47.2 Å². The average molecular weight is 1070 g/mol. The van der Waals surface area contributed by atoms with E-state index in [2.05, 4.69) is 45.6 Å². The largest absolute Gasteiger partial charge is 0.490 e. The third-order valence-electron chi connectivity index (χ3n) is 11.0. The van der Waals surface area contributed by atoms with E-state index in [1.807, 2.05) is 56.3 Å². The van der Waals surface area contributed by atoms with Crippen LogP contribution in [0.15, 0.2) is 99.5 Å². The van der Waals surface area contributed by atoms with Gasteiger partial charge in [0.15, 0.2) is 6.29 Å². The number of ether oxygens (including phenoxy) is 1. The Labute approximate surface area is 414 Å². The van der Waals surface area contributed by atoms with E-state index in [0.29, 0.717) is 39.8 Å². The molecule has 10 N–H and O–H groups in total. The number of nitrogens with zero attached hydrogens (tertiary/aromatic N) is 5. The van der Waals surface area contributed by atoms with E-state index in [1.165, 1.54) is 53.6 Å². The maximum Gasteiger partial charge on any atom is 0.490 e. The third-order valence-corrected chi connectivity index (χ3v) is 14.8. The molecule has 26 nitrogen and oxygen atoms in total. The number of hydrogen-bond donors (Lipinski definition) is 9. The van der Waals surface area contributed by atoms with Gasteiger partial charge in [0.2, 0.25) is 0 Å². The Morgan fingerprint density at radius 3 is 2.45 bits per heavy atom. The van der Waals surface area contributed by atoms with Crippen molar-refractivity contribution < 1.29 is 80.3 Å². The summed E-state index contributed by atoms with van der Waals surface area (Å²) in [6.07, 6.45) is -1.85. The van der Waals surface area contributed by atoms with Gasteiger partial charge in [-0.15, -0.1) is 0 Å². The van der Waals surface area contributed by atoms with E-state index in [9.17, 15) is 53.4 Å². The number of amidine groups is 1. The number of aliphatic hydroxyl groups excluding tert-OH is 1. The number of aliphatic imine (C=N–C) groups is 1. The number of aromatic carboxylic acids is 1. The number of aliphatic hydroxyl groups is 1. The van der Waals surface area contributed by atoms with Crippen molar-refractivity contribution in [3.8, 4) is 34.3 Å². The highest BCUT2D eigenvalue weighted by atomic mass is 31.3. The lowest BCUT2D eigenvalue weighted by Crippen LogP contribution is -2.57. The van der Waals surface area contributed by atoms with E-state index in [0.717, 1.165) is 5.69 Å². The number of anilines is 1. The van der Waals surface area contributed by atoms with Gasteiger partial charge < -0.3 is 59.4 Å². The molecular formula is C44H47N8O18P3. The van der Waals surface area contributed by atoms with Gasteiger partial charge in [-0.1, -0.05) is 11.8 Å². The topological polar surface area (TPSA) is 381 Å². The number of fused-ring (bicyclic) bond motifs is 2. The zero-order valence-electron chi connectivity index (χ0n) is 38.7. The van der Waals surface area contributed by atoms with Gasteiger partial charge in [0, 0.05) is 84.8 Å². The summed E-state index contributed by atoms with van der Waals surface area (Å²) in [6, 6.07) is 19.5. The normalized spacial score (nSPS) is 20.3. The molecule has 73 heavy (non-hydrogen) atoms. The molecule has 29 heteroatoms. The molecule has 0 saturated carbocycles. The summed E-state index contributed by atoms with van der Waals surface area (Å²) in [5.41, 5.74) is 9.32. The van der Waals surface area contributed by atoms with Gasteiger partial charge in [-0.05, 0) is 73.2 Å². The predicted molar refractivity (Wildman–Crippen MR) is 260 cm³/mol. The molecule has 386 valence electrons. The number of nitrogens with one attached hydrogen (secondary N) is 2. The second-order valence-electron chi connectivity index (χ2n) is 16.2. The number of phosphoric acid groups is 3. The van der Waals surface area contributed by atoms with Gasteiger partial charge in [-0.3, -0.25) is 35.2 Å². The van der Waals surface area contributed by atoms with E-state index >= 15 is 0 Å². The predicted octanol–water partition coefficient (Wildman–Crippen LogP) is 3.96. The number of rotatable bonds is 17. The highest BCUT2D eigenvalue weighted by Crippen LogP contribution is 2.66. The number of benzene rings is 4. The van der Waals surface area contributed by atoms with Crippen LogP contribution in [-0.4, -0.2) is 116 Å². The van der Waals surface area contributed by atoms with Crippen molar-refractivity contribution in [3.63, 3.8) is 0 Å². The summed E-state index contributed by atoms with van der Waals surface area (Å²) in [6.45, 7) is 1.20. The molecule has 3 aliphatic heterocycles. The highest BCUT2D eigenvalue weighted by molar-refractivity contribution is 7.66. The zero-order valence-corrected chi connectivity index (χ0v) is 41.3. The molecule has 0 aromatic heterocycles. The minimum atomic E-state index is -5.76. The number of amides is 1. The van der Waals surface area contributed by atoms with E-state index in [1.54, 1.807) is 6.07 Å². The van der Waals surface area contributed by atoms with Crippen LogP contribution in [0.1, 0.15) is 45.2 Å². The van der Waals surface area contributed by atoms with Crippen molar-refractivity contribution >= 4 is 63.5 Å². The van der Waals surface area contributed by atoms with E-state index in [4.69, 9.17) is 24.7 Å². The maximum atomic E-state index is 13.6. The summed E-state index contributed by atoms with van der Waals surface area (Å²) in [5, 5.41) is 39.9. The van der Waals surface area contributed by atoms with Crippen LogP contribution in [-0.2, 0) is 38.1 Å². The van der Waals surface area contributed by atoms with Crippen LogP contribution in [0.5, 0.6) is 0 Å². The fourth-order valence-corrected chi connectivity index (χ4v) is 10.7. The van der Waals surface area contributed by atoms with Crippen LogP contribution >= 0.6 is 23.5 Å². The number of hydrogen-bond acceptors (Lipinski definition) is 18. The van der Waals surface area contributed by atoms with Gasteiger partial charge in [0.25, 0.3) is 11.6 Å². The minimum Gasteiger partial charge on any atom is -0.478 e. The molecule has 1 amide bonds. The number of nitro benzene ring substituents is 1. The molecule has 6 atom stereocenters. The summed E-state index contributed by atoms with van der Waals surface area (Å²) in [4.78, 5) is 86.4. The number of carboxylic acids is 1.